The maximum absolute atomic E-state index is 13.1. The number of phenols is 1. The van der Waals surface area contributed by atoms with Crippen LogP contribution in [0.3, 0.4) is 0 Å². The summed E-state index contributed by atoms with van der Waals surface area (Å²) in [7, 11) is 0. The highest BCUT2D eigenvalue weighted by molar-refractivity contribution is 5.94. The summed E-state index contributed by atoms with van der Waals surface area (Å²) in [4.78, 5) is 67.5. The number of aromatic amines is 1. The molecule has 1 aromatic heterocycles. The van der Waals surface area contributed by atoms with E-state index in [1.54, 1.807) is 0 Å². The van der Waals surface area contributed by atoms with Crippen LogP contribution in [-0.4, -0.2) is 85.7 Å². The summed E-state index contributed by atoms with van der Waals surface area (Å²) >= 11 is 0. The molecule has 1 heterocycles. The minimum absolute atomic E-state index is 0.00801. The van der Waals surface area contributed by atoms with Crippen molar-refractivity contribution in [2.24, 2.45) is 11.5 Å². The van der Waals surface area contributed by atoms with E-state index in [0.717, 1.165) is 0 Å². The van der Waals surface area contributed by atoms with Gasteiger partial charge in [0.15, 0.2) is 0 Å². The second-order valence-electron chi connectivity index (χ2n) is 8.47. The zero-order valence-corrected chi connectivity index (χ0v) is 20.3. The van der Waals surface area contributed by atoms with E-state index in [-0.39, 0.29) is 31.4 Å². The summed E-state index contributed by atoms with van der Waals surface area (Å²) in [6.07, 6.45) is 2.29. The molecule has 38 heavy (non-hydrogen) atoms. The largest absolute Gasteiger partial charge is 0.508 e. The first-order valence-corrected chi connectivity index (χ1v) is 11.5. The fourth-order valence-corrected chi connectivity index (χ4v) is 3.34. The predicted octanol–water partition coefficient (Wildman–Crippen LogP) is -2.98. The van der Waals surface area contributed by atoms with Gasteiger partial charge in [0.2, 0.25) is 23.6 Å². The number of imidazole rings is 1. The Morgan fingerprint density at radius 2 is 1.53 bits per heavy atom. The number of nitrogens with one attached hydrogen (secondary N) is 4. The van der Waals surface area contributed by atoms with Gasteiger partial charge < -0.3 is 47.7 Å². The van der Waals surface area contributed by atoms with E-state index in [1.807, 2.05) is 0 Å². The van der Waals surface area contributed by atoms with E-state index in [4.69, 9.17) is 11.5 Å². The zero-order valence-electron chi connectivity index (χ0n) is 20.3. The van der Waals surface area contributed by atoms with Crippen molar-refractivity contribution in [1.29, 1.82) is 0 Å². The summed E-state index contributed by atoms with van der Waals surface area (Å²) in [5, 5.41) is 35.7. The average Bonchev–Trinajstić information content (AvgIpc) is 3.39. The number of carboxylic acids is 1. The summed E-state index contributed by atoms with van der Waals surface area (Å²) in [6, 6.07) is 0.398. The Labute approximate surface area is 217 Å². The summed E-state index contributed by atoms with van der Waals surface area (Å²) in [5.74, 6) is -4.61. The van der Waals surface area contributed by atoms with Gasteiger partial charge in [-0.3, -0.25) is 19.2 Å². The predicted molar refractivity (Wildman–Crippen MR) is 131 cm³/mol. The topological polar surface area (TPSA) is 263 Å². The lowest BCUT2D eigenvalue weighted by molar-refractivity contribution is -0.142. The first kappa shape index (κ1) is 29.7. The van der Waals surface area contributed by atoms with Crippen molar-refractivity contribution in [2.45, 2.75) is 49.9 Å². The summed E-state index contributed by atoms with van der Waals surface area (Å²) < 4.78 is 0. The van der Waals surface area contributed by atoms with Crippen LogP contribution in [0.2, 0.25) is 0 Å². The number of carbonyl (C=O) groups is 5. The van der Waals surface area contributed by atoms with Crippen LogP contribution in [0, 0.1) is 0 Å². The number of phenolic OH excluding ortho intramolecular Hbond substituents is 1. The van der Waals surface area contributed by atoms with Gasteiger partial charge in [-0.25, -0.2) is 9.78 Å². The number of carboxylic acid groups (broad SMARTS) is 1. The lowest BCUT2D eigenvalue weighted by Gasteiger charge is -2.24. The van der Waals surface area contributed by atoms with Crippen LogP contribution in [-0.2, 0) is 36.8 Å². The number of benzene rings is 1. The number of nitrogens with zero attached hydrogens (tertiary/aromatic N) is 1. The highest BCUT2D eigenvalue weighted by Gasteiger charge is 2.30. The summed E-state index contributed by atoms with van der Waals surface area (Å²) in [5.41, 5.74) is 11.7. The van der Waals surface area contributed by atoms with Crippen molar-refractivity contribution in [1.82, 2.24) is 25.9 Å². The van der Waals surface area contributed by atoms with Gasteiger partial charge >= 0.3 is 5.97 Å². The maximum atomic E-state index is 13.1. The van der Waals surface area contributed by atoms with Crippen LogP contribution < -0.4 is 27.4 Å². The van der Waals surface area contributed by atoms with Crippen LogP contribution in [0.4, 0.5) is 0 Å². The van der Waals surface area contributed by atoms with Gasteiger partial charge in [-0.1, -0.05) is 12.1 Å². The molecule has 0 spiro atoms. The van der Waals surface area contributed by atoms with Crippen molar-refractivity contribution in [3.8, 4) is 5.75 Å². The van der Waals surface area contributed by atoms with Crippen LogP contribution in [0.5, 0.6) is 5.75 Å². The molecule has 15 heteroatoms. The van der Waals surface area contributed by atoms with Crippen molar-refractivity contribution < 1.29 is 39.3 Å². The zero-order chi connectivity index (χ0) is 28.2. The lowest BCUT2D eigenvalue weighted by atomic mass is 10.0. The number of hydrogen-bond acceptors (Lipinski definition) is 9. The Bertz CT molecular complexity index is 1110. The molecule has 0 aliphatic heterocycles. The van der Waals surface area contributed by atoms with Gasteiger partial charge in [-0.15, -0.1) is 0 Å². The third-order valence-electron chi connectivity index (χ3n) is 5.46. The normalized spacial score (nSPS) is 13.9. The molecule has 0 saturated heterocycles. The first-order valence-electron chi connectivity index (χ1n) is 11.5. The number of nitrogens with two attached hydrogens (primary N) is 2. The van der Waals surface area contributed by atoms with Gasteiger partial charge in [0.05, 0.1) is 19.0 Å². The minimum atomic E-state index is -1.49. The number of H-pyrrole nitrogens is 1. The van der Waals surface area contributed by atoms with Crippen LogP contribution in [0.1, 0.15) is 24.1 Å². The highest BCUT2D eigenvalue weighted by Crippen LogP contribution is 2.12. The number of carbonyl (C=O) groups excluding carboxylic acids is 4. The van der Waals surface area contributed by atoms with Crippen molar-refractivity contribution >= 4 is 29.6 Å². The molecule has 4 unspecified atom stereocenters. The van der Waals surface area contributed by atoms with E-state index < -0.39 is 60.4 Å². The monoisotopic (exact) mass is 533 g/mol. The van der Waals surface area contributed by atoms with Crippen LogP contribution in [0.25, 0.3) is 0 Å². The molecule has 0 saturated carbocycles. The molecule has 0 aliphatic rings. The molecule has 4 atom stereocenters. The number of aliphatic hydroxyl groups excluding tert-OH is 1. The van der Waals surface area contributed by atoms with E-state index in [0.29, 0.717) is 11.3 Å². The van der Waals surface area contributed by atoms with Gasteiger partial charge in [-0.2, -0.15) is 0 Å². The fourth-order valence-electron chi connectivity index (χ4n) is 3.34. The molecular weight excluding hydrogens is 502 g/mol. The number of primary amides is 1. The number of hydrogen-bond donors (Lipinski definition) is 9. The third kappa shape index (κ3) is 9.51. The third-order valence-corrected chi connectivity index (χ3v) is 5.46. The molecule has 0 aliphatic carbocycles. The van der Waals surface area contributed by atoms with Gasteiger partial charge in [0.1, 0.15) is 23.9 Å². The Kier molecular flexibility index (Phi) is 11.2. The minimum Gasteiger partial charge on any atom is -0.508 e. The number of rotatable bonds is 15. The molecule has 0 radical (unpaired) electrons. The van der Waals surface area contributed by atoms with E-state index in [9.17, 15) is 39.3 Å². The number of aromatic hydroxyl groups is 1. The molecule has 1 aromatic carbocycles. The second kappa shape index (κ2) is 14.3. The van der Waals surface area contributed by atoms with Gasteiger partial charge in [-0.05, 0) is 24.1 Å². The molecular formula is C23H31N7O8. The number of aromatic nitrogens is 2. The summed E-state index contributed by atoms with van der Waals surface area (Å²) in [6.45, 7) is -0.836. The molecule has 2 rings (SSSR count). The Hall–Kier alpha value is -4.50. The van der Waals surface area contributed by atoms with Crippen molar-refractivity contribution in [3.63, 3.8) is 0 Å². The molecule has 4 amide bonds. The lowest BCUT2D eigenvalue weighted by Crippen LogP contribution is -2.58. The average molecular weight is 534 g/mol. The second-order valence-corrected chi connectivity index (χ2v) is 8.47. The Morgan fingerprint density at radius 3 is 2.08 bits per heavy atom. The quantitative estimate of drug-likeness (QED) is 0.112. The molecule has 2 aromatic rings. The molecule has 15 nitrogen and oxygen atoms in total. The number of aliphatic hydroxyl groups is 1. The SMILES string of the molecule is NC(=O)CCC(N)C(=O)NC(CO)C(=O)NC(Cc1cnc[nH]1)C(=O)NC(Cc1ccc(O)cc1)C(=O)O. The molecule has 0 bridgehead atoms. The highest BCUT2D eigenvalue weighted by atomic mass is 16.4. The van der Waals surface area contributed by atoms with Gasteiger partial charge in [0, 0.05) is 31.2 Å². The Morgan fingerprint density at radius 1 is 0.921 bits per heavy atom. The molecule has 11 N–H and O–H groups in total. The molecule has 206 valence electrons. The van der Waals surface area contributed by atoms with Crippen LogP contribution >= 0.6 is 0 Å². The van der Waals surface area contributed by atoms with Crippen molar-refractivity contribution in [2.75, 3.05) is 6.61 Å². The van der Waals surface area contributed by atoms with Crippen molar-refractivity contribution in [3.05, 3.63) is 48.0 Å². The van der Waals surface area contributed by atoms with Crippen LogP contribution in [0.15, 0.2) is 36.8 Å². The standard InChI is InChI=1S/C23H31N7O8/c24-15(5-6-19(25)33)20(34)30-18(10-31)22(36)28-16(8-13-9-26-11-27-13)21(35)29-17(23(37)38)7-12-1-3-14(32)4-2-12/h1-4,9,11,15-18,31-32H,5-8,10,24H2,(H2,25,33)(H,26,27)(H,28,36)(H,29,35)(H,30,34)(H,37,38). The molecule has 0 fully saturated rings. The number of amides is 4. The fraction of sp³-hybridized carbons (Fsp3) is 0.391. The first-order chi connectivity index (χ1) is 18.0. The Balaban J connectivity index is 2.12. The van der Waals surface area contributed by atoms with E-state index in [2.05, 4.69) is 25.9 Å². The smallest absolute Gasteiger partial charge is 0.326 e. The maximum Gasteiger partial charge on any atom is 0.326 e. The van der Waals surface area contributed by atoms with E-state index >= 15 is 0 Å². The number of aliphatic carboxylic acids is 1. The van der Waals surface area contributed by atoms with E-state index in [1.165, 1.54) is 36.8 Å². The van der Waals surface area contributed by atoms with Gasteiger partial charge in [0.25, 0.3) is 0 Å².